The van der Waals surface area contributed by atoms with E-state index in [2.05, 4.69) is 249 Å². The van der Waals surface area contributed by atoms with Gasteiger partial charge in [-0.2, -0.15) is 0 Å². The first kappa shape index (κ1) is 48.9. The summed E-state index contributed by atoms with van der Waals surface area (Å²) < 4.78 is 6.00. The molecule has 76 heavy (non-hydrogen) atoms. The summed E-state index contributed by atoms with van der Waals surface area (Å²) >= 11 is 10.1. The Labute approximate surface area is 480 Å². The van der Waals surface area contributed by atoms with Gasteiger partial charge in [0.25, 0.3) is 0 Å². The predicted octanol–water partition coefficient (Wildman–Crippen LogP) is 19.7. The number of aromatic nitrogens is 2. The lowest BCUT2D eigenvalue weighted by molar-refractivity contribution is 0.0937. The summed E-state index contributed by atoms with van der Waals surface area (Å²) in [5.74, 6) is 0.0537. The summed E-state index contributed by atoms with van der Waals surface area (Å²) in [6, 6.07) is 76.9. The van der Waals surface area contributed by atoms with E-state index >= 15 is 0 Å². The Morgan fingerprint density at radius 3 is 1.00 bits per heavy atom. The van der Waals surface area contributed by atoms with Crippen molar-refractivity contribution in [3.05, 3.63) is 237 Å². The van der Waals surface area contributed by atoms with Crippen molar-refractivity contribution in [2.24, 2.45) is 0 Å². The van der Waals surface area contributed by atoms with E-state index in [1.807, 2.05) is 40.6 Å². The number of hydrogen-bond acceptors (Lipinski definition) is 7. The van der Waals surface area contributed by atoms with Crippen LogP contribution in [0.1, 0.15) is 34.6 Å². The predicted molar refractivity (Wildman–Crippen MR) is 334 cm³/mol. The number of hydrogen-bond donors (Lipinski definition) is 0. The normalized spacial score (nSPS) is 12.8. The molecule has 15 rings (SSSR count). The van der Waals surface area contributed by atoms with Gasteiger partial charge in [-0.1, -0.05) is 120 Å². The third-order valence-electron chi connectivity index (χ3n) is 14.0. The monoisotopic (exact) mass is 1260 g/mol. The highest BCUT2D eigenvalue weighted by molar-refractivity contribution is 14.1. The zero-order valence-corrected chi connectivity index (χ0v) is 47.8. The van der Waals surface area contributed by atoms with Gasteiger partial charge in [-0.15, -0.1) is 0 Å². The highest BCUT2D eigenvalue weighted by Crippen LogP contribution is 2.54. The zero-order chi connectivity index (χ0) is 51.6. The quantitative estimate of drug-likeness (QED) is 0.160. The molecular formula is C65H44I2N4O2S3. The molecule has 0 saturated heterocycles. The number of anilines is 6. The van der Waals surface area contributed by atoms with Crippen LogP contribution in [0.3, 0.4) is 0 Å². The summed E-state index contributed by atoms with van der Waals surface area (Å²) in [7, 11) is 0. The Kier molecular flexibility index (Phi) is 13.1. The molecule has 3 aliphatic heterocycles. The molecule has 0 aliphatic carbocycles. The molecule has 3 aliphatic rings. The third kappa shape index (κ3) is 8.79. The smallest absolute Gasteiger partial charge is 0.228 e. The number of halogens is 2. The zero-order valence-electron chi connectivity index (χ0n) is 41.1. The molecule has 11 heteroatoms. The van der Waals surface area contributed by atoms with Crippen molar-refractivity contribution in [2.75, 3.05) is 9.80 Å². The molecule has 0 fully saturated rings. The molecule has 0 atom stereocenters. The van der Waals surface area contributed by atoms with Crippen LogP contribution in [0.25, 0.3) is 43.6 Å². The van der Waals surface area contributed by atoms with Crippen LogP contribution in [0.5, 0.6) is 0 Å². The van der Waals surface area contributed by atoms with Gasteiger partial charge in [0.2, 0.25) is 11.8 Å². The molecule has 0 radical (unpaired) electrons. The number of fused-ring (bicyclic) bond motifs is 12. The van der Waals surface area contributed by atoms with Crippen molar-refractivity contribution < 1.29 is 9.59 Å². The lowest BCUT2D eigenvalue weighted by Crippen LogP contribution is -2.14. The van der Waals surface area contributed by atoms with E-state index in [0.717, 1.165) is 84.2 Å². The molecule has 6 nitrogen and oxygen atoms in total. The third-order valence-corrected chi connectivity index (χ3v) is 18.8. The Bertz CT molecular complexity index is 3950. The Hall–Kier alpha value is -6.75. The van der Waals surface area contributed by atoms with Gasteiger partial charge in [0.15, 0.2) is 0 Å². The summed E-state index contributed by atoms with van der Waals surface area (Å²) in [4.78, 5) is 37.4. The maximum absolute atomic E-state index is 13.1. The largest absolute Gasteiger partial charge is 0.308 e. The second kappa shape index (κ2) is 20.3. The van der Waals surface area contributed by atoms with Crippen LogP contribution >= 0.6 is 80.5 Å². The lowest BCUT2D eigenvalue weighted by Gasteiger charge is -2.33. The molecule has 0 unspecified atom stereocenters. The first-order valence-electron chi connectivity index (χ1n) is 24.8. The number of benzene rings is 10. The van der Waals surface area contributed by atoms with Gasteiger partial charge in [0.05, 0.1) is 44.8 Å². The highest BCUT2D eigenvalue weighted by atomic mass is 127. The molecule has 368 valence electrons. The minimum atomic E-state index is 0.000581. The SMILES string of the molecule is CC(=O)n1c2ccc(I)cc2c2cc(I)ccc21.CC(=O)n1c2ccc(N3c4ccccc4Sc4ccccc43)cc2c2cc(N3c4ccccc4Sc4ccccc43)ccc21.c1ccc2c(c1)Cc1ccccc1S2. The average Bonchev–Trinajstić information content (AvgIpc) is 3.99. The van der Waals surface area contributed by atoms with E-state index in [0.29, 0.717) is 0 Å². The standard InChI is InChI=1S/C38H25N3OS2.C14H9I2NO.C13H10S/c1-24(42)39-29-20-18-25(40-31-10-2-6-14-35(31)43-36-15-7-3-11-32(36)40)22-27(29)28-23-26(19-21-30(28)39)41-33-12-4-8-16-37(33)44-38-17-9-5-13-34(38)41;1-8(18)17-13-4-2-9(15)6-11(13)12-7-10(16)3-5-14(12)17;1-3-7-12-10(5-1)9-11-6-2-4-8-13(11)14-12/h2-23H,1H3;2-7H,1H3;1-8H,9H2. The van der Waals surface area contributed by atoms with E-state index in [-0.39, 0.29) is 11.8 Å². The van der Waals surface area contributed by atoms with Crippen molar-refractivity contribution in [1.82, 2.24) is 9.13 Å². The number of nitrogens with zero attached hydrogens (tertiary/aromatic N) is 4. The maximum Gasteiger partial charge on any atom is 0.228 e. The number of carbonyl (C=O) groups is 2. The first-order valence-corrected chi connectivity index (χ1v) is 29.4. The fourth-order valence-corrected chi connectivity index (χ4v) is 14.9. The van der Waals surface area contributed by atoms with Gasteiger partial charge in [-0.25, -0.2) is 0 Å². The van der Waals surface area contributed by atoms with Gasteiger partial charge >= 0.3 is 0 Å². The van der Waals surface area contributed by atoms with Crippen LogP contribution in [0.4, 0.5) is 34.1 Å². The van der Waals surface area contributed by atoms with Crippen molar-refractivity contribution in [2.45, 2.75) is 49.6 Å². The first-order chi connectivity index (χ1) is 37.2. The molecule has 0 amide bonds. The summed E-state index contributed by atoms with van der Waals surface area (Å²) in [5.41, 5.74) is 13.5. The van der Waals surface area contributed by atoms with E-state index in [4.69, 9.17) is 0 Å². The van der Waals surface area contributed by atoms with Gasteiger partial charge in [-0.3, -0.25) is 18.7 Å². The Morgan fingerprint density at radius 2 is 0.645 bits per heavy atom. The van der Waals surface area contributed by atoms with E-state index in [9.17, 15) is 9.59 Å². The second-order valence-electron chi connectivity index (χ2n) is 18.7. The van der Waals surface area contributed by atoms with Crippen LogP contribution in [-0.2, 0) is 6.42 Å². The van der Waals surface area contributed by atoms with Crippen LogP contribution in [0, 0.1) is 7.14 Å². The molecule has 0 N–H and O–H groups in total. The van der Waals surface area contributed by atoms with E-state index < -0.39 is 0 Å². The van der Waals surface area contributed by atoms with Crippen LogP contribution in [0.15, 0.2) is 248 Å². The second-order valence-corrected chi connectivity index (χ2v) is 24.4. The average molecular weight is 1260 g/mol. The van der Waals surface area contributed by atoms with Crippen molar-refractivity contribution in [3.8, 4) is 0 Å². The van der Waals surface area contributed by atoms with Gasteiger partial charge in [0.1, 0.15) is 0 Å². The highest BCUT2D eigenvalue weighted by Gasteiger charge is 2.28. The van der Waals surface area contributed by atoms with E-state index in [1.54, 1.807) is 41.9 Å². The number of rotatable bonds is 2. The van der Waals surface area contributed by atoms with Crippen molar-refractivity contribution >= 4 is 170 Å². The summed E-state index contributed by atoms with van der Waals surface area (Å²) in [5, 5.41) is 4.39. The molecule has 10 aromatic carbocycles. The van der Waals surface area contributed by atoms with Gasteiger partial charge in [-0.05, 0) is 196 Å². The minimum absolute atomic E-state index is 0.000581. The van der Waals surface area contributed by atoms with Gasteiger partial charge in [0, 0.05) is 83.3 Å². The molecule has 2 aromatic heterocycles. The lowest BCUT2D eigenvalue weighted by atomic mass is 10.0. The Morgan fingerprint density at radius 1 is 0.355 bits per heavy atom. The minimum Gasteiger partial charge on any atom is -0.308 e. The molecular weight excluding hydrogens is 1220 g/mol. The Balaban J connectivity index is 0.000000140. The molecule has 5 heterocycles. The molecule has 12 aromatic rings. The molecule has 0 bridgehead atoms. The summed E-state index contributed by atoms with van der Waals surface area (Å²) in [6.45, 7) is 3.25. The topological polar surface area (TPSA) is 50.5 Å². The van der Waals surface area contributed by atoms with E-state index in [1.165, 1.54) is 47.6 Å². The van der Waals surface area contributed by atoms with Crippen LogP contribution in [-0.4, -0.2) is 20.9 Å². The van der Waals surface area contributed by atoms with Crippen molar-refractivity contribution in [1.29, 1.82) is 0 Å². The fourth-order valence-electron chi connectivity index (χ4n) is 10.7. The number of carbonyl (C=O) groups excluding carboxylic acids is 2. The van der Waals surface area contributed by atoms with Crippen LogP contribution < -0.4 is 9.80 Å². The number of para-hydroxylation sites is 4. The van der Waals surface area contributed by atoms with Gasteiger partial charge < -0.3 is 9.80 Å². The fraction of sp³-hybridized carbons (Fsp3) is 0.0462. The van der Waals surface area contributed by atoms with Crippen LogP contribution in [0.2, 0.25) is 0 Å². The van der Waals surface area contributed by atoms with Crippen molar-refractivity contribution in [3.63, 3.8) is 0 Å². The molecule has 0 saturated carbocycles. The molecule has 0 spiro atoms. The summed E-state index contributed by atoms with van der Waals surface area (Å²) in [6.07, 6.45) is 1.08. The maximum atomic E-state index is 13.1.